The Kier molecular flexibility index (Phi) is 6.74. The van der Waals surface area contributed by atoms with E-state index < -0.39 is 12.0 Å². The number of hydrogen-bond acceptors (Lipinski definition) is 4. The fourth-order valence-corrected chi connectivity index (χ4v) is 1.13. The van der Waals surface area contributed by atoms with Crippen molar-refractivity contribution in [3.8, 4) is 0 Å². The van der Waals surface area contributed by atoms with Crippen LogP contribution in [0.2, 0.25) is 0 Å². The van der Waals surface area contributed by atoms with E-state index in [1.165, 1.54) is 14.0 Å². The van der Waals surface area contributed by atoms with Gasteiger partial charge in [0.05, 0.1) is 7.11 Å². The van der Waals surface area contributed by atoms with Gasteiger partial charge in [-0.1, -0.05) is 0 Å². The molecule has 0 saturated carbocycles. The second-order valence-corrected chi connectivity index (χ2v) is 3.06. The van der Waals surface area contributed by atoms with Crippen LogP contribution in [0.5, 0.6) is 0 Å². The Morgan fingerprint density at radius 2 is 2.07 bits per heavy atom. The molecule has 0 heterocycles. The number of esters is 1. The number of unbranched alkanes of at least 4 members (excludes halogenated alkanes) is 1. The zero-order chi connectivity index (χ0) is 11.0. The van der Waals surface area contributed by atoms with Crippen molar-refractivity contribution in [1.82, 2.24) is 5.32 Å². The quantitative estimate of drug-likeness (QED) is 0.461. The second-order valence-electron chi connectivity index (χ2n) is 3.06. The van der Waals surface area contributed by atoms with E-state index in [-0.39, 0.29) is 5.91 Å². The number of hydrogen-bond donors (Lipinski definition) is 2. The van der Waals surface area contributed by atoms with Crippen LogP contribution in [0.25, 0.3) is 0 Å². The summed E-state index contributed by atoms with van der Waals surface area (Å²) in [5.41, 5.74) is 5.32. The van der Waals surface area contributed by atoms with Crippen LogP contribution in [0, 0.1) is 0 Å². The molecule has 5 heteroatoms. The number of amides is 1. The summed E-state index contributed by atoms with van der Waals surface area (Å²) in [6, 6.07) is -0.538. The average Bonchev–Trinajstić information content (AvgIpc) is 2.15. The highest BCUT2D eigenvalue weighted by atomic mass is 16.5. The molecule has 0 fully saturated rings. The van der Waals surface area contributed by atoms with Gasteiger partial charge in [0.25, 0.3) is 0 Å². The molecule has 0 radical (unpaired) electrons. The smallest absolute Gasteiger partial charge is 0.328 e. The molecule has 14 heavy (non-hydrogen) atoms. The third-order valence-corrected chi connectivity index (χ3v) is 1.81. The number of nitrogens with two attached hydrogens (primary N) is 1. The third kappa shape index (κ3) is 5.53. The van der Waals surface area contributed by atoms with Crippen molar-refractivity contribution >= 4 is 11.9 Å². The summed E-state index contributed by atoms with van der Waals surface area (Å²) in [4.78, 5) is 21.9. The number of carbonyl (C=O) groups is 2. The molecular weight excluding hydrogens is 184 g/mol. The molecule has 82 valence electrons. The van der Waals surface area contributed by atoms with Gasteiger partial charge in [-0.05, 0) is 25.8 Å². The van der Waals surface area contributed by atoms with Crippen molar-refractivity contribution < 1.29 is 14.3 Å². The molecule has 0 rings (SSSR count). The Balaban J connectivity index is 3.97. The lowest BCUT2D eigenvalue weighted by molar-refractivity contribution is -0.145. The maximum absolute atomic E-state index is 11.2. The van der Waals surface area contributed by atoms with Gasteiger partial charge in [0, 0.05) is 6.92 Å². The standard InChI is InChI=1S/C9H18N2O3/c1-7(12)11-8(9(13)14-2)5-3-4-6-10/h8H,3-6,10H2,1-2H3,(H,11,12)/t8-/m0/s1. The number of nitrogens with one attached hydrogen (secondary N) is 1. The fraction of sp³-hybridized carbons (Fsp3) is 0.778. The van der Waals surface area contributed by atoms with Gasteiger partial charge in [0.15, 0.2) is 0 Å². The normalized spacial score (nSPS) is 11.9. The van der Waals surface area contributed by atoms with Crippen LogP contribution in [-0.4, -0.2) is 31.6 Å². The Morgan fingerprint density at radius 3 is 2.50 bits per heavy atom. The van der Waals surface area contributed by atoms with Crippen LogP contribution in [0.4, 0.5) is 0 Å². The first-order valence-electron chi connectivity index (χ1n) is 4.66. The van der Waals surface area contributed by atoms with Crippen molar-refractivity contribution in [2.45, 2.75) is 32.2 Å². The van der Waals surface area contributed by atoms with Crippen molar-refractivity contribution in [2.75, 3.05) is 13.7 Å². The lowest BCUT2D eigenvalue weighted by Crippen LogP contribution is -2.40. The van der Waals surface area contributed by atoms with Crippen LogP contribution in [0.3, 0.4) is 0 Å². The monoisotopic (exact) mass is 202 g/mol. The fourth-order valence-electron chi connectivity index (χ4n) is 1.13. The molecule has 0 spiro atoms. The van der Waals surface area contributed by atoms with Crippen molar-refractivity contribution in [1.29, 1.82) is 0 Å². The number of ether oxygens (including phenoxy) is 1. The molecule has 0 aromatic rings. The van der Waals surface area contributed by atoms with Crippen LogP contribution < -0.4 is 11.1 Å². The molecule has 5 nitrogen and oxygen atoms in total. The Labute approximate surface area is 84.0 Å². The van der Waals surface area contributed by atoms with Crippen LogP contribution in [0.15, 0.2) is 0 Å². The number of carbonyl (C=O) groups excluding carboxylic acids is 2. The van der Waals surface area contributed by atoms with E-state index in [0.717, 1.165) is 12.8 Å². The minimum atomic E-state index is -0.538. The molecule has 3 N–H and O–H groups in total. The molecule has 0 aliphatic heterocycles. The summed E-state index contributed by atoms with van der Waals surface area (Å²) in [6.07, 6.45) is 2.22. The first kappa shape index (κ1) is 12.9. The molecule has 0 aliphatic rings. The Morgan fingerprint density at radius 1 is 1.43 bits per heavy atom. The minimum absolute atomic E-state index is 0.229. The zero-order valence-corrected chi connectivity index (χ0v) is 8.71. The number of rotatable bonds is 6. The second kappa shape index (κ2) is 7.32. The predicted octanol–water partition coefficient (Wildman–Crippen LogP) is -0.207. The van der Waals surface area contributed by atoms with Gasteiger partial charge in [-0.15, -0.1) is 0 Å². The van der Waals surface area contributed by atoms with Gasteiger partial charge < -0.3 is 15.8 Å². The van der Waals surface area contributed by atoms with E-state index in [2.05, 4.69) is 10.1 Å². The molecule has 0 bridgehead atoms. The van der Waals surface area contributed by atoms with E-state index in [4.69, 9.17) is 5.73 Å². The summed E-state index contributed by atoms with van der Waals surface area (Å²) in [5.74, 6) is -0.634. The lowest BCUT2D eigenvalue weighted by atomic mass is 10.1. The van der Waals surface area contributed by atoms with E-state index >= 15 is 0 Å². The number of methoxy groups -OCH3 is 1. The molecule has 0 aliphatic carbocycles. The highest BCUT2D eigenvalue weighted by Gasteiger charge is 2.18. The molecule has 1 atom stereocenters. The topological polar surface area (TPSA) is 81.4 Å². The van der Waals surface area contributed by atoms with Crippen molar-refractivity contribution in [2.24, 2.45) is 5.73 Å². The first-order chi connectivity index (χ1) is 6.61. The maximum Gasteiger partial charge on any atom is 0.328 e. The largest absolute Gasteiger partial charge is 0.467 e. The van der Waals surface area contributed by atoms with Crippen molar-refractivity contribution in [3.05, 3.63) is 0 Å². The first-order valence-corrected chi connectivity index (χ1v) is 4.66. The van der Waals surface area contributed by atoms with Crippen LogP contribution in [0.1, 0.15) is 26.2 Å². The van der Waals surface area contributed by atoms with Gasteiger partial charge in [-0.25, -0.2) is 4.79 Å². The van der Waals surface area contributed by atoms with Crippen molar-refractivity contribution in [3.63, 3.8) is 0 Å². The molecule has 1 amide bonds. The zero-order valence-electron chi connectivity index (χ0n) is 8.71. The minimum Gasteiger partial charge on any atom is -0.467 e. The van der Waals surface area contributed by atoms with Gasteiger partial charge >= 0.3 is 5.97 Å². The summed E-state index contributed by atoms with van der Waals surface area (Å²) in [7, 11) is 1.31. The average molecular weight is 202 g/mol. The molecule has 0 saturated heterocycles. The summed E-state index contributed by atoms with van der Waals surface area (Å²) >= 11 is 0. The Hall–Kier alpha value is -1.10. The third-order valence-electron chi connectivity index (χ3n) is 1.81. The van der Waals surface area contributed by atoms with E-state index in [0.29, 0.717) is 13.0 Å². The van der Waals surface area contributed by atoms with Gasteiger partial charge in [0.2, 0.25) is 5.91 Å². The summed E-state index contributed by atoms with van der Waals surface area (Å²) in [5, 5.41) is 2.54. The highest BCUT2D eigenvalue weighted by Crippen LogP contribution is 2.02. The van der Waals surface area contributed by atoms with Gasteiger partial charge in [-0.2, -0.15) is 0 Å². The lowest BCUT2D eigenvalue weighted by Gasteiger charge is -2.14. The molecular formula is C9H18N2O3. The van der Waals surface area contributed by atoms with E-state index in [1.807, 2.05) is 0 Å². The predicted molar refractivity (Wildman–Crippen MR) is 52.5 cm³/mol. The summed E-state index contributed by atoms with van der Waals surface area (Å²) in [6.45, 7) is 1.97. The van der Waals surface area contributed by atoms with Gasteiger partial charge in [-0.3, -0.25) is 4.79 Å². The summed E-state index contributed by atoms with van der Waals surface area (Å²) < 4.78 is 4.56. The Bertz CT molecular complexity index is 194. The van der Waals surface area contributed by atoms with E-state index in [1.54, 1.807) is 0 Å². The maximum atomic E-state index is 11.2. The highest BCUT2D eigenvalue weighted by molar-refractivity contribution is 5.83. The SMILES string of the molecule is COC(=O)[C@H](CCCCN)NC(C)=O. The van der Waals surface area contributed by atoms with Gasteiger partial charge in [0.1, 0.15) is 6.04 Å². The molecule has 0 aromatic heterocycles. The van der Waals surface area contributed by atoms with E-state index in [9.17, 15) is 9.59 Å². The molecule has 0 unspecified atom stereocenters. The molecule has 0 aromatic carbocycles. The van der Waals surface area contributed by atoms with Crippen LogP contribution >= 0.6 is 0 Å². The van der Waals surface area contributed by atoms with Crippen LogP contribution in [-0.2, 0) is 14.3 Å².